The highest BCUT2D eigenvalue weighted by Crippen LogP contribution is 2.34. The maximum atomic E-state index is 13.7. The number of hydrogen-bond acceptors (Lipinski definition) is 6. The number of esters is 1. The summed E-state index contributed by atoms with van der Waals surface area (Å²) in [4.78, 5) is 51.9. The van der Waals surface area contributed by atoms with Crippen LogP contribution in [0.4, 0.5) is 15.8 Å². The quantitative estimate of drug-likeness (QED) is 0.443. The predicted octanol–water partition coefficient (Wildman–Crippen LogP) is 2.41. The Kier molecular flexibility index (Phi) is 6.72. The molecule has 0 atom stereocenters. The van der Waals surface area contributed by atoms with Gasteiger partial charge in [-0.1, -0.05) is 6.07 Å². The molecular formula is C25H27FN4O5. The minimum atomic E-state index is -0.689. The summed E-state index contributed by atoms with van der Waals surface area (Å²) in [5.74, 6) is -1.47. The molecule has 10 heteroatoms. The number of nitrogens with one attached hydrogen (secondary N) is 1. The van der Waals surface area contributed by atoms with Crippen molar-refractivity contribution in [2.45, 2.75) is 19.8 Å². The molecule has 1 saturated heterocycles. The van der Waals surface area contributed by atoms with Crippen LogP contribution in [0.15, 0.2) is 46.0 Å². The number of hydrogen-bond donors (Lipinski definition) is 1. The zero-order chi connectivity index (χ0) is 25.3. The van der Waals surface area contributed by atoms with E-state index in [-0.39, 0.29) is 17.5 Å². The number of amides is 1. The summed E-state index contributed by atoms with van der Waals surface area (Å²) in [6.07, 6.45) is 1.14. The zero-order valence-corrected chi connectivity index (χ0v) is 19.8. The van der Waals surface area contributed by atoms with E-state index < -0.39 is 22.8 Å². The lowest BCUT2D eigenvalue weighted by Crippen LogP contribution is -2.40. The van der Waals surface area contributed by atoms with Crippen LogP contribution in [0.1, 0.15) is 30.1 Å². The summed E-state index contributed by atoms with van der Waals surface area (Å²) in [7, 11) is 3.02. The maximum Gasteiger partial charge on any atom is 0.316 e. The van der Waals surface area contributed by atoms with Gasteiger partial charge in [0.15, 0.2) is 0 Å². The van der Waals surface area contributed by atoms with Crippen LogP contribution in [0, 0.1) is 11.7 Å². The molecule has 2 aromatic carbocycles. The van der Waals surface area contributed by atoms with Gasteiger partial charge in [-0.15, -0.1) is 0 Å². The third-order valence-corrected chi connectivity index (χ3v) is 6.40. The Bertz CT molecular complexity index is 1420. The first-order chi connectivity index (χ1) is 16.7. The maximum absolute atomic E-state index is 13.7. The van der Waals surface area contributed by atoms with Gasteiger partial charge in [0, 0.05) is 32.7 Å². The van der Waals surface area contributed by atoms with Gasteiger partial charge in [-0.3, -0.25) is 19.2 Å². The minimum Gasteiger partial charge on any atom is -0.466 e. The molecule has 9 nitrogen and oxygen atoms in total. The number of anilines is 2. The fraction of sp³-hybridized carbons (Fsp3) is 0.360. The van der Waals surface area contributed by atoms with Crippen LogP contribution < -0.4 is 21.3 Å². The summed E-state index contributed by atoms with van der Waals surface area (Å²) in [5, 5.41) is 2.84. The lowest BCUT2D eigenvalue weighted by molar-refractivity contribution is -0.148. The van der Waals surface area contributed by atoms with E-state index in [1.165, 1.54) is 41.4 Å². The third kappa shape index (κ3) is 4.68. The molecule has 1 aromatic heterocycles. The fourth-order valence-electron chi connectivity index (χ4n) is 4.41. The number of carbonyl (C=O) groups excluding carboxylic acids is 2. The topological polar surface area (TPSA) is 103 Å². The number of carbonyl (C=O) groups is 2. The molecule has 3 aromatic rings. The molecule has 0 spiro atoms. The molecule has 1 N–H and O–H groups in total. The van der Waals surface area contributed by atoms with Crippen molar-refractivity contribution in [1.82, 2.24) is 9.13 Å². The summed E-state index contributed by atoms with van der Waals surface area (Å²) in [6.45, 7) is 3.15. The van der Waals surface area contributed by atoms with Crippen LogP contribution in [0.25, 0.3) is 11.0 Å². The molecule has 1 aliphatic rings. The van der Waals surface area contributed by atoms with E-state index in [4.69, 9.17) is 4.74 Å². The number of fused-ring (bicyclic) bond motifs is 1. The Morgan fingerprint density at radius 3 is 2.26 bits per heavy atom. The minimum absolute atomic E-state index is 0.145. The van der Waals surface area contributed by atoms with Gasteiger partial charge < -0.3 is 24.1 Å². The Hall–Kier alpha value is -3.95. The van der Waals surface area contributed by atoms with Crippen molar-refractivity contribution in [1.29, 1.82) is 0 Å². The summed E-state index contributed by atoms with van der Waals surface area (Å²) < 4.78 is 21.4. The van der Waals surface area contributed by atoms with Crippen molar-refractivity contribution in [3.05, 3.63) is 68.5 Å². The van der Waals surface area contributed by atoms with Gasteiger partial charge >= 0.3 is 17.1 Å². The lowest BCUT2D eigenvalue weighted by Gasteiger charge is -2.34. The Balaban J connectivity index is 1.77. The summed E-state index contributed by atoms with van der Waals surface area (Å²) in [5.41, 5.74) is 0.814. The number of piperidine rings is 1. The second-order valence-electron chi connectivity index (χ2n) is 8.56. The van der Waals surface area contributed by atoms with Crippen molar-refractivity contribution < 1.29 is 18.7 Å². The third-order valence-electron chi connectivity index (χ3n) is 6.40. The first-order valence-corrected chi connectivity index (χ1v) is 11.4. The Labute approximate surface area is 200 Å². The van der Waals surface area contributed by atoms with E-state index in [0.29, 0.717) is 54.9 Å². The molecule has 1 aliphatic heterocycles. The second-order valence-corrected chi connectivity index (χ2v) is 8.56. The molecule has 1 amide bonds. The van der Waals surface area contributed by atoms with Gasteiger partial charge in [0.25, 0.3) is 5.91 Å². The number of rotatable bonds is 5. The molecule has 2 heterocycles. The molecular weight excluding hydrogens is 455 g/mol. The SMILES string of the molecule is CCOC(=O)C1CCN(c2cc3c(cc2NC(=O)c2cccc(F)c2)n(C)c(=O)c(=O)n3C)CC1. The monoisotopic (exact) mass is 482 g/mol. The number of aromatic nitrogens is 2. The van der Waals surface area contributed by atoms with Gasteiger partial charge in [0.05, 0.1) is 34.9 Å². The van der Waals surface area contributed by atoms with Crippen molar-refractivity contribution in [2.75, 3.05) is 29.9 Å². The predicted molar refractivity (Wildman–Crippen MR) is 130 cm³/mol. The molecule has 0 unspecified atom stereocenters. The second kappa shape index (κ2) is 9.73. The van der Waals surface area contributed by atoms with Crippen molar-refractivity contribution in [3.63, 3.8) is 0 Å². The molecule has 1 fully saturated rings. The van der Waals surface area contributed by atoms with Crippen LogP contribution in [-0.4, -0.2) is 40.7 Å². The molecule has 0 saturated carbocycles. The Morgan fingerprint density at radius 1 is 1.03 bits per heavy atom. The van der Waals surface area contributed by atoms with Gasteiger partial charge in [0.1, 0.15) is 5.82 Å². The molecule has 184 valence electrons. The van der Waals surface area contributed by atoms with Crippen LogP contribution in [-0.2, 0) is 23.6 Å². The largest absolute Gasteiger partial charge is 0.466 e. The standard InChI is InChI=1S/C25H27FN4O5/c1-4-35-25(34)15-8-10-30(11-9-15)19-14-21-20(28(2)23(32)24(33)29(21)3)13-18(19)27-22(31)16-6-5-7-17(26)12-16/h5-7,12-15H,4,8-11H2,1-3H3,(H,27,31). The van der Waals surface area contributed by atoms with E-state index in [0.717, 1.165) is 6.07 Å². The van der Waals surface area contributed by atoms with Gasteiger partial charge in [-0.2, -0.15) is 0 Å². The van der Waals surface area contributed by atoms with E-state index in [9.17, 15) is 23.6 Å². The van der Waals surface area contributed by atoms with Crippen molar-refractivity contribution in [2.24, 2.45) is 20.0 Å². The highest BCUT2D eigenvalue weighted by Gasteiger charge is 2.28. The molecule has 4 rings (SSSR count). The smallest absolute Gasteiger partial charge is 0.316 e. The van der Waals surface area contributed by atoms with Crippen molar-refractivity contribution in [3.8, 4) is 0 Å². The van der Waals surface area contributed by atoms with Crippen LogP contribution in [0.3, 0.4) is 0 Å². The summed E-state index contributed by atoms with van der Waals surface area (Å²) in [6, 6.07) is 8.74. The first-order valence-electron chi connectivity index (χ1n) is 11.4. The van der Waals surface area contributed by atoms with Gasteiger partial charge in [-0.25, -0.2) is 4.39 Å². The van der Waals surface area contributed by atoms with Crippen LogP contribution in [0.5, 0.6) is 0 Å². The fourth-order valence-corrected chi connectivity index (χ4v) is 4.41. The number of benzene rings is 2. The van der Waals surface area contributed by atoms with E-state index in [1.54, 1.807) is 19.1 Å². The molecule has 0 aliphatic carbocycles. The van der Waals surface area contributed by atoms with Crippen LogP contribution in [0.2, 0.25) is 0 Å². The molecule has 35 heavy (non-hydrogen) atoms. The number of nitrogens with zero attached hydrogens (tertiary/aromatic N) is 3. The van der Waals surface area contributed by atoms with E-state index in [2.05, 4.69) is 5.32 Å². The molecule has 0 bridgehead atoms. The van der Waals surface area contributed by atoms with E-state index >= 15 is 0 Å². The Morgan fingerprint density at radius 2 is 1.66 bits per heavy atom. The highest BCUT2D eigenvalue weighted by atomic mass is 19.1. The van der Waals surface area contributed by atoms with Crippen molar-refractivity contribution >= 4 is 34.3 Å². The summed E-state index contributed by atoms with van der Waals surface area (Å²) >= 11 is 0. The van der Waals surface area contributed by atoms with Gasteiger partial charge in [-0.05, 0) is 50.1 Å². The average molecular weight is 483 g/mol. The number of halogens is 1. The lowest BCUT2D eigenvalue weighted by atomic mass is 9.96. The highest BCUT2D eigenvalue weighted by molar-refractivity contribution is 6.07. The first kappa shape index (κ1) is 24.2. The van der Waals surface area contributed by atoms with E-state index in [1.807, 2.05) is 4.90 Å². The normalized spacial score (nSPS) is 14.2. The van der Waals surface area contributed by atoms with Gasteiger partial charge in [0.2, 0.25) is 0 Å². The van der Waals surface area contributed by atoms with Crippen LogP contribution >= 0.6 is 0 Å². The molecule has 0 radical (unpaired) electrons. The average Bonchev–Trinajstić information content (AvgIpc) is 2.86. The number of aryl methyl sites for hydroxylation is 2. The number of ether oxygens (including phenoxy) is 1. The zero-order valence-electron chi connectivity index (χ0n) is 19.8.